The largest absolute Gasteiger partial charge is 0.460 e. The van der Waals surface area contributed by atoms with E-state index in [1.54, 1.807) is 38.4 Å². The highest BCUT2D eigenvalue weighted by molar-refractivity contribution is 6.02. The van der Waals surface area contributed by atoms with E-state index in [4.69, 9.17) is 0 Å². The Hall–Kier alpha value is -3.10. The van der Waals surface area contributed by atoms with Crippen molar-refractivity contribution in [2.75, 3.05) is 6.54 Å². The number of aryl methyl sites for hydroxylation is 1. The molecule has 0 saturated carbocycles. The van der Waals surface area contributed by atoms with Crippen LogP contribution in [0.25, 0.3) is 0 Å². The standard InChI is InChI=1S/C26H33F7N4O4/c1-14(2)19(35-18(38)10-9-16-7-5-11-34-13-16)23(41)36-22(40)17-8-6-12-37(17)20(15(3)4)21(39)24(27,28)25(29,30)26(31,32)33/h5,7,11,13-15,17,19-20H,6,8-10,12H2,1-4H3,(H,35,38)(H,36,40,41)/t17-,19-,20?/m0/s1. The maximum atomic E-state index is 14.3. The molecule has 0 spiro atoms. The molecule has 1 aromatic heterocycles. The molecule has 1 unspecified atom stereocenters. The summed E-state index contributed by atoms with van der Waals surface area (Å²) in [6, 6.07) is -1.36. The van der Waals surface area contributed by atoms with Crippen LogP contribution < -0.4 is 10.6 Å². The van der Waals surface area contributed by atoms with Crippen LogP contribution in [0.3, 0.4) is 0 Å². The van der Waals surface area contributed by atoms with Gasteiger partial charge in [0.25, 0.3) is 0 Å². The molecule has 41 heavy (non-hydrogen) atoms. The molecule has 3 atom stereocenters. The molecule has 0 bridgehead atoms. The Balaban J connectivity index is 2.17. The van der Waals surface area contributed by atoms with E-state index in [0.717, 1.165) is 10.5 Å². The number of amides is 3. The molecule has 0 aromatic carbocycles. The number of likely N-dealkylation sites (tertiary alicyclic amines) is 1. The van der Waals surface area contributed by atoms with Crippen LogP contribution >= 0.6 is 0 Å². The molecule has 0 radical (unpaired) electrons. The predicted octanol–water partition coefficient (Wildman–Crippen LogP) is 3.69. The molecule has 1 aromatic rings. The van der Waals surface area contributed by atoms with Crippen molar-refractivity contribution in [3.05, 3.63) is 30.1 Å². The van der Waals surface area contributed by atoms with E-state index in [1.165, 1.54) is 13.8 Å². The Bertz CT molecular complexity index is 1100. The minimum absolute atomic E-state index is 0.00148. The second-order valence-corrected chi connectivity index (χ2v) is 10.6. The number of hydrogen-bond donors (Lipinski definition) is 2. The minimum Gasteiger partial charge on any atom is -0.344 e. The highest BCUT2D eigenvalue weighted by Gasteiger charge is 2.77. The second-order valence-electron chi connectivity index (χ2n) is 10.6. The molecule has 1 aliphatic heterocycles. The van der Waals surface area contributed by atoms with Crippen molar-refractivity contribution in [2.24, 2.45) is 11.8 Å². The lowest BCUT2D eigenvalue weighted by molar-refractivity contribution is -0.344. The number of alkyl halides is 7. The molecule has 1 saturated heterocycles. The average Bonchev–Trinajstić information content (AvgIpc) is 3.34. The van der Waals surface area contributed by atoms with Gasteiger partial charge in [-0.05, 0) is 49.3 Å². The molecule has 230 valence electrons. The van der Waals surface area contributed by atoms with Crippen molar-refractivity contribution in [2.45, 2.75) is 89.5 Å². The van der Waals surface area contributed by atoms with E-state index in [1.807, 2.05) is 0 Å². The van der Waals surface area contributed by atoms with Gasteiger partial charge in [-0.25, -0.2) is 0 Å². The number of Topliss-reactive ketones (excluding diaryl/α,β-unsaturated/α-hetero) is 1. The van der Waals surface area contributed by atoms with Gasteiger partial charge >= 0.3 is 18.0 Å². The predicted molar refractivity (Wildman–Crippen MR) is 132 cm³/mol. The lowest BCUT2D eigenvalue weighted by Crippen LogP contribution is -2.63. The van der Waals surface area contributed by atoms with Crippen LogP contribution in [0, 0.1) is 11.8 Å². The number of carbonyl (C=O) groups excluding carboxylic acids is 4. The zero-order chi connectivity index (χ0) is 31.3. The molecular weight excluding hydrogens is 565 g/mol. The summed E-state index contributed by atoms with van der Waals surface area (Å²) in [7, 11) is 0. The van der Waals surface area contributed by atoms with Crippen LogP contribution in [0.15, 0.2) is 24.5 Å². The van der Waals surface area contributed by atoms with E-state index in [0.29, 0.717) is 6.42 Å². The maximum Gasteiger partial charge on any atom is 0.460 e. The summed E-state index contributed by atoms with van der Waals surface area (Å²) in [5, 5.41) is 4.59. The maximum absolute atomic E-state index is 14.3. The van der Waals surface area contributed by atoms with Gasteiger partial charge < -0.3 is 5.32 Å². The first-order valence-electron chi connectivity index (χ1n) is 13.0. The summed E-state index contributed by atoms with van der Waals surface area (Å²) in [6.45, 7) is 5.27. The fourth-order valence-corrected chi connectivity index (χ4v) is 4.63. The number of halogens is 7. The first-order valence-corrected chi connectivity index (χ1v) is 13.0. The van der Waals surface area contributed by atoms with E-state index >= 15 is 0 Å². The van der Waals surface area contributed by atoms with Gasteiger partial charge in [0.05, 0.1) is 12.1 Å². The van der Waals surface area contributed by atoms with Gasteiger partial charge in [0, 0.05) is 18.8 Å². The summed E-state index contributed by atoms with van der Waals surface area (Å²) >= 11 is 0. The van der Waals surface area contributed by atoms with Crippen LogP contribution in [-0.2, 0) is 25.6 Å². The number of aromatic nitrogens is 1. The molecule has 3 amide bonds. The van der Waals surface area contributed by atoms with Crippen molar-refractivity contribution < 1.29 is 49.9 Å². The zero-order valence-electron chi connectivity index (χ0n) is 22.9. The highest BCUT2D eigenvalue weighted by atomic mass is 19.4. The molecular formula is C26H33F7N4O4. The lowest BCUT2D eigenvalue weighted by atomic mass is 9.90. The molecule has 15 heteroatoms. The van der Waals surface area contributed by atoms with E-state index in [2.05, 4.69) is 15.6 Å². The van der Waals surface area contributed by atoms with E-state index in [9.17, 15) is 49.9 Å². The Morgan fingerprint density at radius 1 is 1.02 bits per heavy atom. The number of imide groups is 1. The molecule has 1 fully saturated rings. The van der Waals surface area contributed by atoms with Crippen molar-refractivity contribution in [3.63, 3.8) is 0 Å². The average molecular weight is 599 g/mol. The Morgan fingerprint density at radius 3 is 2.17 bits per heavy atom. The molecule has 2 N–H and O–H groups in total. The molecule has 0 aliphatic carbocycles. The van der Waals surface area contributed by atoms with Crippen molar-refractivity contribution in [1.82, 2.24) is 20.5 Å². The lowest BCUT2D eigenvalue weighted by Gasteiger charge is -2.37. The topological polar surface area (TPSA) is 108 Å². The van der Waals surface area contributed by atoms with Crippen LogP contribution in [0.4, 0.5) is 30.7 Å². The third-order valence-corrected chi connectivity index (χ3v) is 6.79. The first-order chi connectivity index (χ1) is 18.8. The van der Waals surface area contributed by atoms with Gasteiger partial charge in [-0.3, -0.25) is 34.4 Å². The minimum atomic E-state index is -6.70. The number of hydrogen-bond acceptors (Lipinski definition) is 6. The number of nitrogens with zero attached hydrogens (tertiary/aromatic N) is 2. The zero-order valence-corrected chi connectivity index (χ0v) is 22.9. The number of carbonyl (C=O) groups is 4. The highest BCUT2D eigenvalue weighted by Crippen LogP contribution is 2.48. The summed E-state index contributed by atoms with van der Waals surface area (Å²) in [6.07, 6.45) is -3.21. The van der Waals surface area contributed by atoms with E-state index < -0.39 is 71.5 Å². The van der Waals surface area contributed by atoms with Crippen LogP contribution in [0.5, 0.6) is 0 Å². The third kappa shape index (κ3) is 7.80. The van der Waals surface area contributed by atoms with Crippen LogP contribution in [0.1, 0.15) is 52.5 Å². The number of ketones is 1. The Morgan fingerprint density at radius 2 is 1.66 bits per heavy atom. The fraction of sp³-hybridized carbons (Fsp3) is 0.654. The summed E-state index contributed by atoms with van der Waals surface area (Å²) in [5.74, 6) is -19.6. The summed E-state index contributed by atoms with van der Waals surface area (Å²) in [5.41, 5.74) is 0.775. The first kappa shape index (κ1) is 34.1. The molecule has 1 aliphatic rings. The molecule has 2 rings (SSSR count). The fourth-order valence-electron chi connectivity index (χ4n) is 4.63. The monoisotopic (exact) mass is 598 g/mol. The van der Waals surface area contributed by atoms with Crippen molar-refractivity contribution in [3.8, 4) is 0 Å². The second kappa shape index (κ2) is 13.3. The smallest absolute Gasteiger partial charge is 0.344 e. The molecule has 2 heterocycles. The van der Waals surface area contributed by atoms with Gasteiger partial charge in [0.2, 0.25) is 23.5 Å². The van der Waals surface area contributed by atoms with Crippen LogP contribution in [-0.4, -0.2) is 76.1 Å². The van der Waals surface area contributed by atoms with Gasteiger partial charge in [0.15, 0.2) is 0 Å². The Kier molecular flexibility index (Phi) is 11.0. The third-order valence-electron chi connectivity index (χ3n) is 6.79. The quantitative estimate of drug-likeness (QED) is 0.356. The van der Waals surface area contributed by atoms with Gasteiger partial charge in [0.1, 0.15) is 6.04 Å². The normalized spacial score (nSPS) is 18.3. The van der Waals surface area contributed by atoms with Gasteiger partial charge in [-0.1, -0.05) is 33.8 Å². The SMILES string of the molecule is CC(C)C(C(=O)C(F)(F)C(F)(F)C(F)(F)F)N1CCC[C@H]1C(=O)NC(=O)[C@@H](NC(=O)CCc1cccnc1)C(C)C. The number of nitrogens with one attached hydrogen (secondary N) is 2. The van der Waals surface area contributed by atoms with E-state index in [-0.39, 0.29) is 25.8 Å². The van der Waals surface area contributed by atoms with Crippen LogP contribution in [0.2, 0.25) is 0 Å². The number of rotatable bonds is 12. The van der Waals surface area contributed by atoms with Gasteiger partial charge in [-0.15, -0.1) is 0 Å². The summed E-state index contributed by atoms with van der Waals surface area (Å²) in [4.78, 5) is 55.7. The molecule has 8 nitrogen and oxygen atoms in total. The van der Waals surface area contributed by atoms with Crippen molar-refractivity contribution >= 4 is 23.5 Å². The number of pyridine rings is 1. The van der Waals surface area contributed by atoms with Crippen molar-refractivity contribution in [1.29, 1.82) is 0 Å². The Labute approximate surface area is 232 Å². The van der Waals surface area contributed by atoms with Gasteiger partial charge in [-0.2, -0.15) is 30.7 Å². The summed E-state index contributed by atoms with van der Waals surface area (Å²) < 4.78 is 94.1.